The van der Waals surface area contributed by atoms with E-state index in [1.54, 1.807) is 36.4 Å². The highest BCUT2D eigenvalue weighted by Crippen LogP contribution is 2.32. The van der Waals surface area contributed by atoms with E-state index in [-0.39, 0.29) is 17.3 Å². The second-order valence-electron chi connectivity index (χ2n) is 7.30. The number of fused-ring (bicyclic) bond motifs is 1. The number of anilines is 1. The SMILES string of the molecule is O=C(Nc1c(Cl)cccc1Cl)[C@H]1CCCN(S(=O)(=O)c2ccc3ccccc3c2)C1. The summed E-state index contributed by atoms with van der Waals surface area (Å²) in [5.74, 6) is -0.773. The van der Waals surface area contributed by atoms with Crippen molar-refractivity contribution in [3.8, 4) is 0 Å². The molecule has 0 saturated carbocycles. The lowest BCUT2D eigenvalue weighted by molar-refractivity contribution is -0.120. The molecule has 1 aliphatic heterocycles. The van der Waals surface area contributed by atoms with Crippen LogP contribution in [-0.4, -0.2) is 31.7 Å². The zero-order chi connectivity index (χ0) is 21.3. The number of carbonyl (C=O) groups is 1. The molecular weight excluding hydrogens is 443 g/mol. The fourth-order valence-electron chi connectivity index (χ4n) is 3.69. The van der Waals surface area contributed by atoms with Crippen LogP contribution in [0.5, 0.6) is 0 Å². The average molecular weight is 463 g/mol. The lowest BCUT2D eigenvalue weighted by Gasteiger charge is -2.31. The molecule has 1 N–H and O–H groups in total. The Kier molecular flexibility index (Phi) is 6.02. The fourth-order valence-corrected chi connectivity index (χ4v) is 5.75. The van der Waals surface area contributed by atoms with E-state index in [1.807, 2.05) is 24.3 Å². The number of piperidine rings is 1. The summed E-state index contributed by atoms with van der Waals surface area (Å²) in [7, 11) is -3.71. The van der Waals surface area contributed by atoms with Gasteiger partial charge in [-0.15, -0.1) is 0 Å². The molecular formula is C22H20Cl2N2O3S. The third-order valence-electron chi connectivity index (χ3n) is 5.32. The van der Waals surface area contributed by atoms with Crippen LogP contribution in [0.15, 0.2) is 65.6 Å². The van der Waals surface area contributed by atoms with E-state index < -0.39 is 15.9 Å². The van der Waals surface area contributed by atoms with Gasteiger partial charge in [0.2, 0.25) is 15.9 Å². The molecule has 0 aliphatic carbocycles. The Hall–Kier alpha value is -2.12. The largest absolute Gasteiger partial charge is 0.323 e. The van der Waals surface area contributed by atoms with Crippen molar-refractivity contribution < 1.29 is 13.2 Å². The van der Waals surface area contributed by atoms with Gasteiger partial charge in [0.05, 0.1) is 26.5 Å². The van der Waals surface area contributed by atoms with Crippen molar-refractivity contribution in [2.45, 2.75) is 17.7 Å². The minimum absolute atomic E-state index is 0.114. The normalized spacial score (nSPS) is 17.7. The summed E-state index contributed by atoms with van der Waals surface area (Å²) in [4.78, 5) is 13.0. The molecule has 156 valence electrons. The highest BCUT2D eigenvalue weighted by molar-refractivity contribution is 7.89. The number of carbonyl (C=O) groups excluding carboxylic acids is 1. The lowest BCUT2D eigenvalue weighted by atomic mass is 9.98. The molecule has 30 heavy (non-hydrogen) atoms. The number of benzene rings is 3. The van der Waals surface area contributed by atoms with Crippen molar-refractivity contribution in [1.29, 1.82) is 0 Å². The van der Waals surface area contributed by atoms with Gasteiger partial charge in [0.25, 0.3) is 0 Å². The van der Waals surface area contributed by atoms with Crippen LogP contribution >= 0.6 is 23.2 Å². The zero-order valence-corrected chi connectivity index (χ0v) is 18.3. The van der Waals surface area contributed by atoms with Gasteiger partial charge in [-0.1, -0.05) is 59.6 Å². The molecule has 1 aliphatic rings. The molecule has 0 unspecified atom stereocenters. The Bertz CT molecular complexity index is 1190. The smallest absolute Gasteiger partial charge is 0.243 e. The quantitative estimate of drug-likeness (QED) is 0.580. The minimum atomic E-state index is -3.71. The van der Waals surface area contributed by atoms with Gasteiger partial charge < -0.3 is 5.32 Å². The van der Waals surface area contributed by atoms with Crippen molar-refractivity contribution >= 4 is 55.6 Å². The summed E-state index contributed by atoms with van der Waals surface area (Å²) >= 11 is 12.3. The molecule has 0 spiro atoms. The van der Waals surface area contributed by atoms with Crippen molar-refractivity contribution in [3.05, 3.63) is 70.7 Å². The molecule has 1 amide bonds. The van der Waals surface area contributed by atoms with Gasteiger partial charge in [0, 0.05) is 13.1 Å². The Morgan fingerprint density at radius 2 is 1.67 bits per heavy atom. The standard InChI is InChI=1S/C22H20Cl2N2O3S/c23-19-8-3-9-20(24)21(19)25-22(27)17-7-4-12-26(14-17)30(28,29)18-11-10-15-5-1-2-6-16(15)13-18/h1-3,5-6,8-11,13,17H,4,7,12,14H2,(H,25,27)/t17-/m0/s1. The number of hydrogen-bond donors (Lipinski definition) is 1. The summed E-state index contributed by atoms with van der Waals surface area (Å²) in [6.07, 6.45) is 1.19. The molecule has 1 fully saturated rings. The van der Waals surface area contributed by atoms with E-state index in [1.165, 1.54) is 4.31 Å². The van der Waals surface area contributed by atoms with E-state index in [4.69, 9.17) is 23.2 Å². The van der Waals surface area contributed by atoms with Gasteiger partial charge in [0.15, 0.2) is 0 Å². The summed E-state index contributed by atoms with van der Waals surface area (Å²) in [5, 5.41) is 5.28. The third-order valence-corrected chi connectivity index (χ3v) is 7.82. The number of hydrogen-bond acceptors (Lipinski definition) is 3. The first-order valence-corrected chi connectivity index (χ1v) is 11.8. The lowest BCUT2D eigenvalue weighted by Crippen LogP contribution is -2.43. The monoisotopic (exact) mass is 462 g/mol. The summed E-state index contributed by atoms with van der Waals surface area (Å²) in [5.41, 5.74) is 0.348. The molecule has 0 bridgehead atoms. The molecule has 3 aromatic carbocycles. The van der Waals surface area contributed by atoms with E-state index in [2.05, 4.69) is 5.32 Å². The Morgan fingerprint density at radius 3 is 2.40 bits per heavy atom. The van der Waals surface area contributed by atoms with E-state index >= 15 is 0 Å². The highest BCUT2D eigenvalue weighted by Gasteiger charge is 2.33. The number of rotatable bonds is 4. The third kappa shape index (κ3) is 4.18. The van der Waals surface area contributed by atoms with Crippen LogP contribution in [0.4, 0.5) is 5.69 Å². The maximum absolute atomic E-state index is 13.2. The van der Waals surface area contributed by atoms with Crippen LogP contribution in [0.25, 0.3) is 10.8 Å². The predicted molar refractivity (Wildman–Crippen MR) is 121 cm³/mol. The molecule has 0 aromatic heterocycles. The van der Waals surface area contributed by atoms with Crippen molar-refractivity contribution in [2.75, 3.05) is 18.4 Å². The molecule has 8 heteroatoms. The van der Waals surface area contributed by atoms with Crippen LogP contribution < -0.4 is 5.32 Å². The van der Waals surface area contributed by atoms with E-state index in [9.17, 15) is 13.2 Å². The number of sulfonamides is 1. The topological polar surface area (TPSA) is 66.5 Å². The van der Waals surface area contributed by atoms with Gasteiger partial charge >= 0.3 is 0 Å². The van der Waals surface area contributed by atoms with Crippen LogP contribution in [0.2, 0.25) is 10.0 Å². The van der Waals surface area contributed by atoms with E-state index in [0.717, 1.165) is 10.8 Å². The summed E-state index contributed by atoms with van der Waals surface area (Å²) < 4.78 is 27.8. The van der Waals surface area contributed by atoms with Gasteiger partial charge in [-0.3, -0.25) is 4.79 Å². The first kappa shape index (κ1) is 21.1. The van der Waals surface area contributed by atoms with Gasteiger partial charge in [0.1, 0.15) is 0 Å². The maximum Gasteiger partial charge on any atom is 0.243 e. The fraction of sp³-hybridized carbons (Fsp3) is 0.227. The van der Waals surface area contributed by atoms with Crippen LogP contribution in [-0.2, 0) is 14.8 Å². The van der Waals surface area contributed by atoms with Gasteiger partial charge in [-0.05, 0) is 47.9 Å². The number of amides is 1. The first-order chi connectivity index (χ1) is 14.4. The average Bonchev–Trinajstić information content (AvgIpc) is 2.76. The van der Waals surface area contributed by atoms with Crippen LogP contribution in [0.3, 0.4) is 0 Å². The summed E-state index contributed by atoms with van der Waals surface area (Å²) in [6.45, 7) is 0.495. The first-order valence-electron chi connectivity index (χ1n) is 9.60. The maximum atomic E-state index is 13.2. The molecule has 5 nitrogen and oxygen atoms in total. The molecule has 1 saturated heterocycles. The Balaban J connectivity index is 1.54. The van der Waals surface area contributed by atoms with Gasteiger partial charge in [-0.2, -0.15) is 4.31 Å². The van der Waals surface area contributed by atoms with Crippen LogP contribution in [0, 0.1) is 5.92 Å². The number of halogens is 2. The molecule has 1 heterocycles. The van der Waals surface area contributed by atoms with E-state index in [0.29, 0.717) is 35.1 Å². The number of nitrogens with one attached hydrogen (secondary N) is 1. The minimum Gasteiger partial charge on any atom is -0.323 e. The van der Waals surface area contributed by atoms with Crippen LogP contribution in [0.1, 0.15) is 12.8 Å². The molecule has 3 aromatic rings. The molecule has 1 atom stereocenters. The number of para-hydroxylation sites is 1. The molecule has 0 radical (unpaired) electrons. The Morgan fingerprint density at radius 1 is 0.967 bits per heavy atom. The van der Waals surface area contributed by atoms with Crippen molar-refractivity contribution in [1.82, 2.24) is 4.31 Å². The predicted octanol–water partition coefficient (Wildman–Crippen LogP) is 5.19. The summed E-state index contributed by atoms with van der Waals surface area (Å²) in [6, 6.07) is 17.7. The number of nitrogens with zero attached hydrogens (tertiary/aromatic N) is 1. The highest BCUT2D eigenvalue weighted by atomic mass is 35.5. The molecule has 4 rings (SSSR count). The van der Waals surface area contributed by atoms with Crippen molar-refractivity contribution in [2.24, 2.45) is 5.92 Å². The zero-order valence-electron chi connectivity index (χ0n) is 16.0. The second kappa shape index (κ2) is 8.55. The van der Waals surface area contributed by atoms with Crippen molar-refractivity contribution in [3.63, 3.8) is 0 Å². The Labute approximate surface area is 185 Å². The second-order valence-corrected chi connectivity index (χ2v) is 10.0. The van der Waals surface area contributed by atoms with Gasteiger partial charge in [-0.25, -0.2) is 8.42 Å².